The van der Waals surface area contributed by atoms with Crippen LogP contribution in [0.15, 0.2) is 41.8 Å². The first-order chi connectivity index (χ1) is 12.6. The lowest BCUT2D eigenvalue weighted by Gasteiger charge is -2.34. The van der Waals surface area contributed by atoms with E-state index in [4.69, 9.17) is 0 Å². The number of urea groups is 1. The molecule has 0 radical (unpaired) electrons. The first kappa shape index (κ1) is 18.4. The Morgan fingerprint density at radius 3 is 2.62 bits per heavy atom. The van der Waals surface area contributed by atoms with Gasteiger partial charge in [0.05, 0.1) is 6.54 Å². The van der Waals surface area contributed by atoms with E-state index in [1.807, 2.05) is 36.1 Å². The fourth-order valence-corrected chi connectivity index (χ4v) is 3.69. The van der Waals surface area contributed by atoms with Crippen LogP contribution >= 0.6 is 11.3 Å². The number of rotatable bonds is 5. The van der Waals surface area contributed by atoms with Gasteiger partial charge in [-0.25, -0.2) is 4.79 Å². The van der Waals surface area contributed by atoms with Gasteiger partial charge in [0.15, 0.2) is 0 Å². The van der Waals surface area contributed by atoms with Crippen molar-refractivity contribution in [1.29, 1.82) is 0 Å². The zero-order valence-corrected chi connectivity index (χ0v) is 15.7. The van der Waals surface area contributed by atoms with Gasteiger partial charge in [0, 0.05) is 43.3 Å². The number of amides is 3. The van der Waals surface area contributed by atoms with Gasteiger partial charge in [0.2, 0.25) is 5.91 Å². The molecule has 0 unspecified atom stereocenters. The molecular weight excluding hydrogens is 348 g/mol. The van der Waals surface area contributed by atoms with Crippen molar-refractivity contribution in [2.75, 3.05) is 38.0 Å². The Labute approximate surface area is 157 Å². The van der Waals surface area contributed by atoms with Gasteiger partial charge in [0.25, 0.3) is 0 Å². The van der Waals surface area contributed by atoms with Crippen LogP contribution in [0.4, 0.5) is 10.5 Å². The van der Waals surface area contributed by atoms with Crippen molar-refractivity contribution >= 4 is 29.0 Å². The minimum atomic E-state index is -0.361. The maximum atomic E-state index is 12.3. The second-order valence-corrected chi connectivity index (χ2v) is 7.45. The standard InChI is InChI=1S/C19H24N4O2S/c1-15-4-2-5-16(12-15)21-19(25)20-13-18(24)23-9-7-22(8-10-23)14-17-6-3-11-26-17/h2-6,11-12H,7-10,13-14H2,1H3,(H2,20,21,25). The lowest BCUT2D eigenvalue weighted by Crippen LogP contribution is -2.51. The summed E-state index contributed by atoms with van der Waals surface area (Å²) in [7, 11) is 0. The molecule has 1 aliphatic rings. The number of aryl methyl sites for hydroxylation is 1. The highest BCUT2D eigenvalue weighted by Gasteiger charge is 2.21. The third kappa shape index (κ3) is 5.31. The van der Waals surface area contributed by atoms with E-state index in [2.05, 4.69) is 33.0 Å². The van der Waals surface area contributed by atoms with Gasteiger partial charge in [-0.05, 0) is 36.1 Å². The normalized spacial score (nSPS) is 14.9. The minimum absolute atomic E-state index is 0.0164. The van der Waals surface area contributed by atoms with Gasteiger partial charge >= 0.3 is 6.03 Å². The molecule has 3 amide bonds. The SMILES string of the molecule is Cc1cccc(NC(=O)NCC(=O)N2CCN(Cc3cccs3)CC2)c1. The lowest BCUT2D eigenvalue weighted by molar-refractivity contribution is -0.131. The Kier molecular flexibility index (Phi) is 6.25. The zero-order valence-electron chi connectivity index (χ0n) is 14.9. The third-order valence-electron chi connectivity index (χ3n) is 4.36. The largest absolute Gasteiger partial charge is 0.339 e. The summed E-state index contributed by atoms with van der Waals surface area (Å²) in [6, 6.07) is 11.4. The van der Waals surface area contributed by atoms with Gasteiger partial charge in [-0.1, -0.05) is 18.2 Å². The van der Waals surface area contributed by atoms with E-state index < -0.39 is 0 Å². The number of thiophene rings is 1. The van der Waals surface area contributed by atoms with Crippen molar-refractivity contribution in [2.45, 2.75) is 13.5 Å². The quantitative estimate of drug-likeness (QED) is 0.848. The fourth-order valence-electron chi connectivity index (χ4n) is 2.94. The highest BCUT2D eigenvalue weighted by molar-refractivity contribution is 7.09. The summed E-state index contributed by atoms with van der Waals surface area (Å²) in [4.78, 5) is 29.8. The average Bonchev–Trinajstić information content (AvgIpc) is 3.13. The number of anilines is 1. The lowest BCUT2D eigenvalue weighted by atomic mass is 10.2. The molecule has 0 aliphatic carbocycles. The summed E-state index contributed by atoms with van der Waals surface area (Å²) in [5.74, 6) is -0.0415. The van der Waals surface area contributed by atoms with Crippen molar-refractivity contribution in [3.8, 4) is 0 Å². The van der Waals surface area contributed by atoms with Crippen LogP contribution in [0, 0.1) is 6.92 Å². The van der Waals surface area contributed by atoms with E-state index in [9.17, 15) is 9.59 Å². The molecule has 2 N–H and O–H groups in total. The van der Waals surface area contributed by atoms with Crippen LogP contribution in [-0.2, 0) is 11.3 Å². The average molecular weight is 372 g/mol. The van der Waals surface area contributed by atoms with Gasteiger partial charge in [-0.3, -0.25) is 9.69 Å². The molecule has 1 saturated heterocycles. The minimum Gasteiger partial charge on any atom is -0.339 e. The molecule has 6 nitrogen and oxygen atoms in total. The summed E-state index contributed by atoms with van der Waals surface area (Å²) in [5.41, 5.74) is 1.79. The third-order valence-corrected chi connectivity index (χ3v) is 5.22. The number of carbonyl (C=O) groups is 2. The fraction of sp³-hybridized carbons (Fsp3) is 0.368. The molecule has 7 heteroatoms. The number of benzene rings is 1. The molecule has 3 rings (SSSR count). The molecule has 0 atom stereocenters. The van der Waals surface area contributed by atoms with E-state index in [-0.39, 0.29) is 18.5 Å². The topological polar surface area (TPSA) is 64.7 Å². The smallest absolute Gasteiger partial charge is 0.319 e. The van der Waals surface area contributed by atoms with Crippen LogP contribution in [0.25, 0.3) is 0 Å². The van der Waals surface area contributed by atoms with Crippen molar-refractivity contribution in [1.82, 2.24) is 15.1 Å². The Hall–Kier alpha value is -2.38. The maximum Gasteiger partial charge on any atom is 0.319 e. The molecule has 0 bridgehead atoms. The number of carbonyl (C=O) groups excluding carboxylic acids is 2. The van der Waals surface area contributed by atoms with E-state index in [1.165, 1.54) is 4.88 Å². The second kappa shape index (κ2) is 8.82. The molecule has 26 heavy (non-hydrogen) atoms. The molecule has 1 aliphatic heterocycles. The van der Waals surface area contributed by atoms with Crippen LogP contribution in [-0.4, -0.2) is 54.5 Å². The Morgan fingerprint density at radius 1 is 1.12 bits per heavy atom. The molecule has 1 aromatic carbocycles. The first-order valence-corrected chi connectivity index (χ1v) is 9.62. The summed E-state index contributed by atoms with van der Waals surface area (Å²) >= 11 is 1.76. The Morgan fingerprint density at radius 2 is 1.92 bits per heavy atom. The second-order valence-electron chi connectivity index (χ2n) is 6.41. The summed E-state index contributed by atoms with van der Waals surface area (Å²) in [6.45, 7) is 6.04. The number of hydrogen-bond acceptors (Lipinski definition) is 4. The highest BCUT2D eigenvalue weighted by Crippen LogP contribution is 2.13. The number of nitrogens with zero attached hydrogens (tertiary/aromatic N) is 2. The van der Waals surface area contributed by atoms with Crippen molar-refractivity contribution in [3.63, 3.8) is 0 Å². The van der Waals surface area contributed by atoms with Crippen LogP contribution < -0.4 is 10.6 Å². The van der Waals surface area contributed by atoms with Crippen LogP contribution in [0.1, 0.15) is 10.4 Å². The number of hydrogen-bond donors (Lipinski definition) is 2. The molecule has 0 spiro atoms. The van der Waals surface area contributed by atoms with Crippen LogP contribution in [0.2, 0.25) is 0 Å². The molecule has 138 valence electrons. The number of nitrogens with one attached hydrogen (secondary N) is 2. The first-order valence-electron chi connectivity index (χ1n) is 8.74. The molecule has 0 saturated carbocycles. The number of piperazine rings is 1. The zero-order chi connectivity index (χ0) is 18.4. The van der Waals surface area contributed by atoms with E-state index in [0.29, 0.717) is 13.1 Å². The summed E-state index contributed by atoms with van der Waals surface area (Å²) < 4.78 is 0. The van der Waals surface area contributed by atoms with Crippen molar-refractivity contribution in [2.24, 2.45) is 0 Å². The molecule has 2 aromatic rings. The predicted molar refractivity (Wildman–Crippen MR) is 104 cm³/mol. The van der Waals surface area contributed by atoms with Crippen molar-refractivity contribution < 1.29 is 9.59 Å². The maximum absolute atomic E-state index is 12.3. The summed E-state index contributed by atoms with van der Waals surface area (Å²) in [5, 5.41) is 7.47. The monoisotopic (exact) mass is 372 g/mol. The van der Waals surface area contributed by atoms with Gasteiger partial charge in [0.1, 0.15) is 0 Å². The van der Waals surface area contributed by atoms with Crippen molar-refractivity contribution in [3.05, 3.63) is 52.2 Å². The van der Waals surface area contributed by atoms with Gasteiger partial charge in [-0.2, -0.15) is 0 Å². The van der Waals surface area contributed by atoms with Gasteiger partial charge in [-0.15, -0.1) is 11.3 Å². The molecule has 1 aromatic heterocycles. The highest BCUT2D eigenvalue weighted by atomic mass is 32.1. The van der Waals surface area contributed by atoms with Crippen LogP contribution in [0.5, 0.6) is 0 Å². The molecular formula is C19H24N4O2S. The van der Waals surface area contributed by atoms with E-state index >= 15 is 0 Å². The Balaban J connectivity index is 1.38. The van der Waals surface area contributed by atoms with Gasteiger partial charge < -0.3 is 15.5 Å². The van der Waals surface area contributed by atoms with E-state index in [1.54, 1.807) is 11.3 Å². The molecule has 1 fully saturated rings. The molecule has 2 heterocycles. The Bertz CT molecular complexity index is 740. The summed E-state index contributed by atoms with van der Waals surface area (Å²) in [6.07, 6.45) is 0. The predicted octanol–water partition coefficient (Wildman–Crippen LogP) is 2.52. The van der Waals surface area contributed by atoms with E-state index in [0.717, 1.165) is 30.9 Å². The van der Waals surface area contributed by atoms with Crippen LogP contribution in [0.3, 0.4) is 0 Å².